The van der Waals surface area contributed by atoms with Gasteiger partial charge in [-0.2, -0.15) is 0 Å². The molecule has 1 aromatic rings. The number of aliphatic carboxylic acids is 1. The molecular weight excluding hydrogens is 288 g/mol. The number of rotatable bonds is 8. The van der Waals surface area contributed by atoms with Crippen molar-refractivity contribution in [3.05, 3.63) is 35.4 Å². The van der Waals surface area contributed by atoms with E-state index in [1.165, 1.54) is 44.1 Å². The van der Waals surface area contributed by atoms with Crippen LogP contribution in [0.1, 0.15) is 74.2 Å². The van der Waals surface area contributed by atoms with Crippen LogP contribution in [0.3, 0.4) is 0 Å². The van der Waals surface area contributed by atoms with Gasteiger partial charge in [-0.05, 0) is 30.2 Å². The zero-order valence-electron chi connectivity index (χ0n) is 14.1. The number of Topliss-reactive ketones (excluding diaryl/α,β-unsaturated/α-hetero) is 1. The smallest absolute Gasteiger partial charge is 0.303 e. The van der Waals surface area contributed by atoms with Crippen LogP contribution in [0.4, 0.5) is 0 Å². The largest absolute Gasteiger partial charge is 0.481 e. The molecule has 1 N–H and O–H groups in total. The molecule has 0 radical (unpaired) electrons. The number of hydrogen-bond donors (Lipinski definition) is 1. The average Bonchev–Trinajstić information content (AvgIpc) is 2.58. The molecule has 126 valence electrons. The van der Waals surface area contributed by atoms with Gasteiger partial charge >= 0.3 is 5.97 Å². The fraction of sp³-hybridized carbons (Fsp3) is 0.600. The number of carboxylic acids is 1. The molecular formula is C20H28O3. The van der Waals surface area contributed by atoms with Gasteiger partial charge in [0.1, 0.15) is 0 Å². The standard InChI is InChI=1S/C20H28O3/c1-2-15-3-5-16(6-4-15)7-8-17-9-11-18(12-10-17)19(21)13-14-20(22)23/h9-12,15-16H,2-8,13-14H2,1H3,(H,22,23)/t15-,16-. The molecule has 1 aliphatic carbocycles. The van der Waals surface area contributed by atoms with Crippen LogP contribution in [0.2, 0.25) is 0 Å². The predicted octanol–water partition coefficient (Wildman–Crippen LogP) is 4.88. The lowest BCUT2D eigenvalue weighted by molar-refractivity contribution is -0.136. The highest BCUT2D eigenvalue weighted by molar-refractivity contribution is 5.97. The van der Waals surface area contributed by atoms with Gasteiger partial charge in [-0.3, -0.25) is 9.59 Å². The molecule has 3 heteroatoms. The average molecular weight is 316 g/mol. The predicted molar refractivity (Wildman–Crippen MR) is 91.7 cm³/mol. The Balaban J connectivity index is 1.76. The summed E-state index contributed by atoms with van der Waals surface area (Å²) in [7, 11) is 0. The van der Waals surface area contributed by atoms with Gasteiger partial charge in [-0.25, -0.2) is 0 Å². The molecule has 0 heterocycles. The third-order valence-electron chi connectivity index (χ3n) is 5.23. The van der Waals surface area contributed by atoms with Gasteiger partial charge in [0.05, 0.1) is 6.42 Å². The Hall–Kier alpha value is -1.64. The Bertz CT molecular complexity index is 510. The minimum absolute atomic E-state index is 0.0787. The van der Waals surface area contributed by atoms with Gasteiger partial charge in [-0.1, -0.05) is 63.3 Å². The highest BCUT2D eigenvalue weighted by Crippen LogP contribution is 2.33. The maximum absolute atomic E-state index is 11.9. The number of ketones is 1. The van der Waals surface area contributed by atoms with Crippen molar-refractivity contribution >= 4 is 11.8 Å². The Morgan fingerprint density at radius 1 is 1.00 bits per heavy atom. The molecule has 1 aromatic carbocycles. The van der Waals surface area contributed by atoms with Crippen molar-refractivity contribution < 1.29 is 14.7 Å². The molecule has 23 heavy (non-hydrogen) atoms. The van der Waals surface area contributed by atoms with Crippen molar-refractivity contribution in [2.45, 2.75) is 64.7 Å². The van der Waals surface area contributed by atoms with E-state index >= 15 is 0 Å². The van der Waals surface area contributed by atoms with E-state index in [9.17, 15) is 9.59 Å². The van der Waals surface area contributed by atoms with Crippen LogP contribution in [0.5, 0.6) is 0 Å². The van der Waals surface area contributed by atoms with Crippen molar-refractivity contribution in [2.75, 3.05) is 0 Å². The molecule has 0 spiro atoms. The number of aryl methyl sites for hydroxylation is 1. The second-order valence-corrected chi connectivity index (χ2v) is 6.85. The zero-order valence-corrected chi connectivity index (χ0v) is 14.1. The summed E-state index contributed by atoms with van der Waals surface area (Å²) >= 11 is 0. The van der Waals surface area contributed by atoms with E-state index in [2.05, 4.69) is 6.92 Å². The van der Waals surface area contributed by atoms with Crippen LogP contribution in [0.15, 0.2) is 24.3 Å². The summed E-state index contributed by atoms with van der Waals surface area (Å²) in [6, 6.07) is 7.72. The Kier molecular flexibility index (Phi) is 6.82. The minimum atomic E-state index is -0.923. The van der Waals surface area contributed by atoms with Crippen LogP contribution in [0, 0.1) is 11.8 Å². The van der Waals surface area contributed by atoms with Crippen molar-refractivity contribution in [1.29, 1.82) is 0 Å². The van der Waals surface area contributed by atoms with Gasteiger partial charge in [0, 0.05) is 12.0 Å². The quantitative estimate of drug-likeness (QED) is 0.695. The van der Waals surface area contributed by atoms with Gasteiger partial charge in [0.2, 0.25) is 0 Å². The van der Waals surface area contributed by atoms with Gasteiger partial charge in [0.25, 0.3) is 0 Å². The number of carboxylic acid groups (broad SMARTS) is 1. The van der Waals surface area contributed by atoms with Gasteiger partial charge < -0.3 is 5.11 Å². The third kappa shape index (κ3) is 5.81. The van der Waals surface area contributed by atoms with E-state index in [0.29, 0.717) is 5.56 Å². The van der Waals surface area contributed by atoms with Crippen LogP contribution in [-0.2, 0) is 11.2 Å². The van der Waals surface area contributed by atoms with Crippen LogP contribution in [-0.4, -0.2) is 16.9 Å². The molecule has 0 amide bonds. The molecule has 0 atom stereocenters. The van der Waals surface area contributed by atoms with E-state index in [1.807, 2.05) is 24.3 Å². The second-order valence-electron chi connectivity index (χ2n) is 6.85. The van der Waals surface area contributed by atoms with Crippen molar-refractivity contribution in [3.63, 3.8) is 0 Å². The van der Waals surface area contributed by atoms with Crippen LogP contribution >= 0.6 is 0 Å². The summed E-state index contributed by atoms with van der Waals surface area (Å²) in [5, 5.41) is 8.63. The fourth-order valence-corrected chi connectivity index (χ4v) is 3.52. The van der Waals surface area contributed by atoms with E-state index in [1.54, 1.807) is 0 Å². The van der Waals surface area contributed by atoms with E-state index < -0.39 is 5.97 Å². The van der Waals surface area contributed by atoms with Crippen molar-refractivity contribution in [3.8, 4) is 0 Å². The normalized spacial score (nSPS) is 21.1. The summed E-state index contributed by atoms with van der Waals surface area (Å²) in [6.07, 6.45) is 9.12. The summed E-state index contributed by atoms with van der Waals surface area (Å²) < 4.78 is 0. The SMILES string of the molecule is CC[C@H]1CC[C@H](CCc2ccc(C(=O)CCC(=O)O)cc2)CC1. The van der Waals surface area contributed by atoms with Crippen molar-refractivity contribution in [1.82, 2.24) is 0 Å². The lowest BCUT2D eigenvalue weighted by Crippen LogP contribution is -2.14. The van der Waals surface area contributed by atoms with Gasteiger partial charge in [-0.15, -0.1) is 0 Å². The molecule has 0 aromatic heterocycles. The number of carbonyl (C=O) groups is 2. The summed E-state index contributed by atoms with van der Waals surface area (Å²) in [5.74, 6) is 0.793. The van der Waals surface area contributed by atoms with Crippen molar-refractivity contribution in [2.24, 2.45) is 11.8 Å². The first-order chi connectivity index (χ1) is 11.1. The monoisotopic (exact) mass is 316 g/mol. The molecule has 1 fully saturated rings. The van der Waals surface area contributed by atoms with Gasteiger partial charge in [0.15, 0.2) is 5.78 Å². The Morgan fingerprint density at radius 3 is 2.17 bits per heavy atom. The molecule has 0 saturated heterocycles. The van der Waals surface area contributed by atoms with Crippen LogP contribution in [0.25, 0.3) is 0 Å². The lowest BCUT2D eigenvalue weighted by atomic mass is 9.78. The van der Waals surface area contributed by atoms with E-state index in [0.717, 1.165) is 18.3 Å². The van der Waals surface area contributed by atoms with Crippen LogP contribution < -0.4 is 0 Å². The number of carbonyl (C=O) groups excluding carboxylic acids is 1. The molecule has 1 saturated carbocycles. The first kappa shape index (κ1) is 17.7. The molecule has 3 nitrogen and oxygen atoms in total. The zero-order chi connectivity index (χ0) is 16.7. The Morgan fingerprint density at radius 2 is 1.61 bits per heavy atom. The topological polar surface area (TPSA) is 54.4 Å². The maximum atomic E-state index is 11.9. The second kappa shape index (κ2) is 8.85. The summed E-state index contributed by atoms with van der Waals surface area (Å²) in [5.41, 5.74) is 1.90. The molecule has 0 unspecified atom stereocenters. The summed E-state index contributed by atoms with van der Waals surface area (Å²) in [4.78, 5) is 22.4. The third-order valence-corrected chi connectivity index (χ3v) is 5.23. The molecule has 1 aliphatic rings. The highest BCUT2D eigenvalue weighted by Gasteiger charge is 2.19. The number of hydrogen-bond acceptors (Lipinski definition) is 2. The number of benzene rings is 1. The lowest BCUT2D eigenvalue weighted by Gasteiger charge is -2.27. The minimum Gasteiger partial charge on any atom is -0.481 e. The van der Waals surface area contributed by atoms with E-state index in [-0.39, 0.29) is 18.6 Å². The highest BCUT2D eigenvalue weighted by atomic mass is 16.4. The molecule has 0 aliphatic heterocycles. The summed E-state index contributed by atoms with van der Waals surface area (Å²) in [6.45, 7) is 2.30. The molecule has 2 rings (SSSR count). The first-order valence-corrected chi connectivity index (χ1v) is 8.92. The fourth-order valence-electron chi connectivity index (χ4n) is 3.52. The first-order valence-electron chi connectivity index (χ1n) is 8.92. The Labute approximate surface area is 139 Å². The maximum Gasteiger partial charge on any atom is 0.303 e. The van der Waals surface area contributed by atoms with E-state index in [4.69, 9.17) is 5.11 Å². The molecule has 0 bridgehead atoms.